The van der Waals surface area contributed by atoms with Crippen LogP contribution in [0.2, 0.25) is 0 Å². The van der Waals surface area contributed by atoms with E-state index in [1.165, 1.54) is 13.1 Å². The standard InChI is InChI=1S/C15H24N4O3S.ClH/c1-12-4-5-13(10-14(12)23(21,22)16-2)18-15(20)11-19-8-3-6-17-7-9-19;/h4-5,10,16-17H,3,6-9,11H2,1-2H3,(H,18,20);1H. The fourth-order valence-electron chi connectivity index (χ4n) is 2.54. The molecule has 136 valence electrons. The van der Waals surface area contributed by atoms with E-state index in [-0.39, 0.29) is 23.2 Å². The maximum absolute atomic E-state index is 12.2. The van der Waals surface area contributed by atoms with Gasteiger partial charge < -0.3 is 10.6 Å². The zero-order valence-electron chi connectivity index (χ0n) is 14.0. The normalized spacial score (nSPS) is 16.1. The minimum atomic E-state index is -3.54. The first-order valence-electron chi connectivity index (χ1n) is 7.69. The Balaban J connectivity index is 0.00000288. The Bertz CT molecular complexity index is 659. The predicted molar refractivity (Wildman–Crippen MR) is 97.2 cm³/mol. The van der Waals surface area contributed by atoms with E-state index in [0.717, 1.165) is 32.6 Å². The van der Waals surface area contributed by atoms with Crippen LogP contribution < -0.4 is 15.4 Å². The molecule has 0 unspecified atom stereocenters. The summed E-state index contributed by atoms with van der Waals surface area (Å²) in [5, 5.41) is 6.07. The summed E-state index contributed by atoms with van der Waals surface area (Å²) in [4.78, 5) is 14.4. The second kappa shape index (κ2) is 9.33. The van der Waals surface area contributed by atoms with Crippen molar-refractivity contribution in [1.29, 1.82) is 0 Å². The zero-order chi connectivity index (χ0) is 16.9. The molecule has 1 amide bonds. The number of amides is 1. The number of rotatable bonds is 5. The van der Waals surface area contributed by atoms with Gasteiger partial charge in [0.25, 0.3) is 0 Å². The molecule has 1 aliphatic rings. The van der Waals surface area contributed by atoms with Crippen LogP contribution in [0.4, 0.5) is 5.69 Å². The summed E-state index contributed by atoms with van der Waals surface area (Å²) in [5.74, 6) is -0.136. The van der Waals surface area contributed by atoms with Crippen molar-refractivity contribution in [1.82, 2.24) is 14.9 Å². The number of nitrogens with one attached hydrogen (secondary N) is 3. The maximum Gasteiger partial charge on any atom is 0.240 e. The molecule has 1 aromatic carbocycles. The molecule has 0 aliphatic carbocycles. The molecule has 1 fully saturated rings. The molecular weight excluding hydrogens is 352 g/mol. The first kappa shape index (κ1) is 20.9. The van der Waals surface area contributed by atoms with Crippen molar-refractivity contribution in [2.24, 2.45) is 0 Å². The van der Waals surface area contributed by atoms with Gasteiger partial charge in [-0.2, -0.15) is 0 Å². The number of anilines is 1. The van der Waals surface area contributed by atoms with Gasteiger partial charge in [0.05, 0.1) is 11.4 Å². The number of halogens is 1. The second-order valence-corrected chi connectivity index (χ2v) is 7.47. The fraction of sp³-hybridized carbons (Fsp3) is 0.533. The van der Waals surface area contributed by atoms with Gasteiger partial charge in [-0.05, 0) is 51.2 Å². The van der Waals surface area contributed by atoms with Crippen LogP contribution in [0.15, 0.2) is 23.1 Å². The molecule has 3 N–H and O–H groups in total. The van der Waals surface area contributed by atoms with Gasteiger partial charge in [-0.1, -0.05) is 6.07 Å². The van der Waals surface area contributed by atoms with Crippen molar-refractivity contribution in [3.05, 3.63) is 23.8 Å². The van der Waals surface area contributed by atoms with Crippen LogP contribution in [0.5, 0.6) is 0 Å². The van der Waals surface area contributed by atoms with E-state index in [1.54, 1.807) is 19.1 Å². The Morgan fingerprint density at radius 1 is 1.29 bits per heavy atom. The van der Waals surface area contributed by atoms with E-state index in [4.69, 9.17) is 0 Å². The lowest BCUT2D eigenvalue weighted by Gasteiger charge is -2.19. The SMILES string of the molecule is CNS(=O)(=O)c1cc(NC(=O)CN2CCCNCC2)ccc1C.Cl. The molecule has 2 rings (SSSR count). The summed E-state index contributed by atoms with van der Waals surface area (Å²) in [6, 6.07) is 4.89. The Labute approximate surface area is 149 Å². The van der Waals surface area contributed by atoms with Crippen LogP contribution >= 0.6 is 12.4 Å². The van der Waals surface area contributed by atoms with Crippen LogP contribution in [0, 0.1) is 6.92 Å². The monoisotopic (exact) mass is 376 g/mol. The van der Waals surface area contributed by atoms with Gasteiger partial charge in [0.1, 0.15) is 0 Å². The minimum Gasteiger partial charge on any atom is -0.325 e. The number of nitrogens with zero attached hydrogens (tertiary/aromatic N) is 1. The summed E-state index contributed by atoms with van der Waals surface area (Å²) in [5.41, 5.74) is 1.12. The van der Waals surface area contributed by atoms with Gasteiger partial charge in [0.2, 0.25) is 15.9 Å². The van der Waals surface area contributed by atoms with Crippen LogP contribution in [0.1, 0.15) is 12.0 Å². The van der Waals surface area contributed by atoms with Gasteiger partial charge in [-0.25, -0.2) is 13.1 Å². The molecule has 0 bridgehead atoms. The van der Waals surface area contributed by atoms with Crippen LogP contribution in [-0.2, 0) is 14.8 Å². The van der Waals surface area contributed by atoms with Crippen molar-refractivity contribution in [2.45, 2.75) is 18.2 Å². The molecule has 0 aromatic heterocycles. The molecule has 0 radical (unpaired) electrons. The lowest BCUT2D eigenvalue weighted by atomic mass is 10.2. The number of sulfonamides is 1. The lowest BCUT2D eigenvalue weighted by Crippen LogP contribution is -2.35. The van der Waals surface area contributed by atoms with Crippen LogP contribution in [0.25, 0.3) is 0 Å². The van der Waals surface area contributed by atoms with Gasteiger partial charge >= 0.3 is 0 Å². The maximum atomic E-state index is 12.2. The Morgan fingerprint density at radius 3 is 2.75 bits per heavy atom. The van der Waals surface area contributed by atoms with Gasteiger partial charge in [0.15, 0.2) is 0 Å². The van der Waals surface area contributed by atoms with E-state index in [1.807, 2.05) is 0 Å². The van der Waals surface area contributed by atoms with Crippen molar-refractivity contribution in [3.63, 3.8) is 0 Å². The summed E-state index contributed by atoms with van der Waals surface area (Å²) < 4.78 is 26.2. The van der Waals surface area contributed by atoms with Crippen molar-refractivity contribution in [3.8, 4) is 0 Å². The summed E-state index contributed by atoms with van der Waals surface area (Å²) in [6.07, 6.45) is 1.02. The number of hydrogen-bond acceptors (Lipinski definition) is 5. The molecule has 1 heterocycles. The van der Waals surface area contributed by atoms with Gasteiger partial charge in [-0.3, -0.25) is 9.69 Å². The summed E-state index contributed by atoms with van der Waals surface area (Å²) in [6.45, 7) is 5.60. The number of hydrogen-bond donors (Lipinski definition) is 3. The molecular formula is C15H25ClN4O3S. The molecule has 1 saturated heterocycles. The zero-order valence-corrected chi connectivity index (χ0v) is 15.6. The smallest absolute Gasteiger partial charge is 0.240 e. The minimum absolute atomic E-state index is 0. The van der Waals surface area contributed by atoms with Crippen LogP contribution in [-0.4, -0.2) is 59.0 Å². The average Bonchev–Trinajstić information content (AvgIpc) is 2.77. The van der Waals surface area contributed by atoms with Crippen molar-refractivity contribution >= 4 is 34.0 Å². The molecule has 9 heteroatoms. The van der Waals surface area contributed by atoms with Gasteiger partial charge in [0, 0.05) is 18.8 Å². The van der Waals surface area contributed by atoms with E-state index in [9.17, 15) is 13.2 Å². The third-order valence-electron chi connectivity index (χ3n) is 3.83. The summed E-state index contributed by atoms with van der Waals surface area (Å²) in [7, 11) is -2.17. The third kappa shape index (κ3) is 5.71. The first-order valence-corrected chi connectivity index (χ1v) is 9.18. The molecule has 1 aromatic rings. The molecule has 0 atom stereocenters. The molecule has 1 aliphatic heterocycles. The highest BCUT2D eigenvalue weighted by atomic mass is 35.5. The Hall–Kier alpha value is -1.19. The van der Waals surface area contributed by atoms with E-state index >= 15 is 0 Å². The average molecular weight is 377 g/mol. The highest BCUT2D eigenvalue weighted by molar-refractivity contribution is 7.89. The topological polar surface area (TPSA) is 90.5 Å². The highest BCUT2D eigenvalue weighted by Crippen LogP contribution is 2.19. The highest BCUT2D eigenvalue weighted by Gasteiger charge is 2.17. The Morgan fingerprint density at radius 2 is 2.04 bits per heavy atom. The lowest BCUT2D eigenvalue weighted by molar-refractivity contribution is -0.117. The van der Waals surface area contributed by atoms with E-state index in [2.05, 4.69) is 20.3 Å². The number of benzene rings is 1. The fourth-order valence-corrected chi connectivity index (χ4v) is 3.53. The largest absolute Gasteiger partial charge is 0.325 e. The second-order valence-electron chi connectivity index (χ2n) is 5.62. The van der Waals surface area contributed by atoms with Crippen molar-refractivity contribution in [2.75, 3.05) is 45.1 Å². The molecule has 24 heavy (non-hydrogen) atoms. The van der Waals surface area contributed by atoms with E-state index in [0.29, 0.717) is 17.8 Å². The molecule has 0 spiro atoms. The first-order chi connectivity index (χ1) is 10.9. The van der Waals surface area contributed by atoms with E-state index < -0.39 is 10.0 Å². The predicted octanol–water partition coefficient (Wildman–Crippen LogP) is 0.559. The van der Waals surface area contributed by atoms with Crippen molar-refractivity contribution < 1.29 is 13.2 Å². The molecule has 7 nitrogen and oxygen atoms in total. The quantitative estimate of drug-likeness (QED) is 0.698. The number of carbonyl (C=O) groups excluding carboxylic acids is 1. The Kier molecular flexibility index (Phi) is 8.11. The summed E-state index contributed by atoms with van der Waals surface area (Å²) >= 11 is 0. The molecule has 0 saturated carbocycles. The number of aryl methyl sites for hydroxylation is 1. The number of carbonyl (C=O) groups is 1. The van der Waals surface area contributed by atoms with Gasteiger partial charge in [-0.15, -0.1) is 12.4 Å². The third-order valence-corrected chi connectivity index (χ3v) is 5.39. The van der Waals surface area contributed by atoms with Crippen LogP contribution in [0.3, 0.4) is 0 Å².